The fraction of sp³-hybridized carbons (Fsp3) is 0.381. The molecule has 0 radical (unpaired) electrons. The van der Waals surface area contributed by atoms with E-state index in [0.29, 0.717) is 18.8 Å². The zero-order chi connectivity index (χ0) is 23.1. The van der Waals surface area contributed by atoms with Gasteiger partial charge in [0.1, 0.15) is 6.61 Å². The van der Waals surface area contributed by atoms with Gasteiger partial charge in [0.05, 0.1) is 30.3 Å². The Morgan fingerprint density at radius 3 is 2.41 bits per heavy atom. The number of morpholine rings is 1. The Morgan fingerprint density at radius 2 is 1.78 bits per heavy atom. The van der Waals surface area contributed by atoms with E-state index in [4.69, 9.17) is 14.2 Å². The van der Waals surface area contributed by atoms with Crippen molar-refractivity contribution in [2.75, 3.05) is 32.9 Å². The van der Waals surface area contributed by atoms with Gasteiger partial charge in [0.25, 0.3) is 0 Å². The number of hydrogen-bond donors (Lipinski definition) is 0. The fourth-order valence-corrected chi connectivity index (χ4v) is 4.44. The van der Waals surface area contributed by atoms with Crippen LogP contribution < -0.4 is 9.47 Å². The van der Waals surface area contributed by atoms with Gasteiger partial charge in [-0.2, -0.15) is 13.1 Å². The van der Waals surface area contributed by atoms with Crippen LogP contribution in [-0.2, 0) is 26.1 Å². The molecule has 2 aromatic rings. The van der Waals surface area contributed by atoms with Gasteiger partial charge in [-0.25, -0.2) is 13.2 Å². The summed E-state index contributed by atoms with van der Waals surface area (Å²) in [6.07, 6.45) is 0. The van der Waals surface area contributed by atoms with Gasteiger partial charge in [-0.15, -0.1) is 0 Å². The zero-order valence-electron chi connectivity index (χ0n) is 17.3. The van der Waals surface area contributed by atoms with Crippen molar-refractivity contribution in [3.05, 3.63) is 53.6 Å². The van der Waals surface area contributed by atoms with E-state index >= 15 is 0 Å². The number of carbonyl (C=O) groups is 1. The van der Waals surface area contributed by atoms with Crippen molar-refractivity contribution in [3.63, 3.8) is 0 Å². The Bertz CT molecular complexity index is 1020. The topological polar surface area (TPSA) is 91.4 Å². The van der Waals surface area contributed by atoms with E-state index in [0.717, 1.165) is 0 Å². The van der Waals surface area contributed by atoms with E-state index in [1.165, 1.54) is 46.8 Å². The molecule has 0 bridgehead atoms. The second-order valence-corrected chi connectivity index (χ2v) is 8.65. The molecule has 0 spiro atoms. The average Bonchev–Trinajstić information content (AvgIpc) is 2.79. The molecule has 1 heterocycles. The third kappa shape index (κ3) is 5.93. The molecule has 1 aliphatic heterocycles. The number of alkyl halides is 2. The van der Waals surface area contributed by atoms with E-state index in [2.05, 4.69) is 4.74 Å². The molecule has 0 saturated carbocycles. The van der Waals surface area contributed by atoms with E-state index in [-0.39, 0.29) is 48.3 Å². The third-order valence-corrected chi connectivity index (χ3v) is 6.50. The Hall–Kier alpha value is -2.76. The molecule has 1 fully saturated rings. The molecular formula is C21H23F2NO7S. The average molecular weight is 471 g/mol. The molecule has 0 aromatic heterocycles. The largest absolute Gasteiger partial charge is 0.490 e. The van der Waals surface area contributed by atoms with Crippen LogP contribution in [0.2, 0.25) is 0 Å². The maximum absolute atomic E-state index is 12.6. The molecule has 1 aliphatic rings. The van der Waals surface area contributed by atoms with E-state index in [9.17, 15) is 22.0 Å². The summed E-state index contributed by atoms with van der Waals surface area (Å²) in [4.78, 5) is 12.4. The molecule has 0 atom stereocenters. The maximum Gasteiger partial charge on any atom is 0.387 e. The van der Waals surface area contributed by atoms with Crippen LogP contribution in [0, 0.1) is 0 Å². The fourth-order valence-electron chi connectivity index (χ4n) is 3.04. The lowest BCUT2D eigenvalue weighted by Gasteiger charge is -2.26. The number of carbonyl (C=O) groups excluding carboxylic acids is 1. The summed E-state index contributed by atoms with van der Waals surface area (Å²) >= 11 is 0. The number of nitrogens with zero attached hydrogens (tertiary/aromatic N) is 1. The van der Waals surface area contributed by atoms with Crippen molar-refractivity contribution in [3.8, 4) is 11.5 Å². The van der Waals surface area contributed by atoms with Gasteiger partial charge in [-0.1, -0.05) is 6.07 Å². The van der Waals surface area contributed by atoms with Gasteiger partial charge >= 0.3 is 12.6 Å². The molecular weight excluding hydrogens is 448 g/mol. The molecule has 32 heavy (non-hydrogen) atoms. The highest BCUT2D eigenvalue weighted by molar-refractivity contribution is 7.89. The number of esters is 1. The third-order valence-electron chi connectivity index (χ3n) is 4.59. The Morgan fingerprint density at radius 1 is 1.09 bits per heavy atom. The second kappa shape index (κ2) is 10.7. The van der Waals surface area contributed by atoms with Gasteiger partial charge < -0.3 is 18.9 Å². The monoisotopic (exact) mass is 471 g/mol. The highest BCUT2D eigenvalue weighted by atomic mass is 32.2. The first-order valence-electron chi connectivity index (χ1n) is 9.87. The van der Waals surface area contributed by atoms with Crippen molar-refractivity contribution >= 4 is 16.0 Å². The van der Waals surface area contributed by atoms with Crippen LogP contribution in [-0.4, -0.2) is 58.2 Å². The SMILES string of the molecule is CCOc1cc(COC(=O)c2ccc(S(=O)(=O)N3CCOCC3)cc2)ccc1OC(F)F. The van der Waals surface area contributed by atoms with Crippen LogP contribution >= 0.6 is 0 Å². The summed E-state index contributed by atoms with van der Waals surface area (Å²) in [7, 11) is -3.66. The van der Waals surface area contributed by atoms with Crippen molar-refractivity contribution in [1.82, 2.24) is 4.31 Å². The minimum absolute atomic E-state index is 0.0759. The van der Waals surface area contributed by atoms with E-state index in [1.54, 1.807) is 6.92 Å². The highest BCUT2D eigenvalue weighted by Crippen LogP contribution is 2.30. The number of hydrogen-bond acceptors (Lipinski definition) is 7. The van der Waals surface area contributed by atoms with Crippen LogP contribution in [0.5, 0.6) is 11.5 Å². The van der Waals surface area contributed by atoms with Gasteiger partial charge in [0.2, 0.25) is 10.0 Å². The van der Waals surface area contributed by atoms with Crippen LogP contribution in [0.3, 0.4) is 0 Å². The Kier molecular flexibility index (Phi) is 7.99. The first kappa shape index (κ1) is 23.9. The van der Waals surface area contributed by atoms with Crippen LogP contribution in [0.25, 0.3) is 0 Å². The molecule has 0 unspecified atom stereocenters. The van der Waals surface area contributed by atoms with Crippen molar-refractivity contribution in [2.24, 2.45) is 0 Å². The van der Waals surface area contributed by atoms with Crippen LogP contribution in [0.15, 0.2) is 47.4 Å². The van der Waals surface area contributed by atoms with Crippen molar-refractivity contribution in [2.45, 2.75) is 25.0 Å². The minimum Gasteiger partial charge on any atom is -0.490 e. The van der Waals surface area contributed by atoms with Gasteiger partial charge in [-0.3, -0.25) is 0 Å². The standard InChI is InChI=1S/C21H23F2NO7S/c1-2-29-19-13-15(3-8-18(19)31-21(22)23)14-30-20(25)16-4-6-17(7-5-16)32(26,27)24-9-11-28-12-10-24/h3-8,13,21H,2,9-12,14H2,1H3. The second-order valence-electron chi connectivity index (χ2n) is 6.71. The number of benzene rings is 2. The number of sulfonamides is 1. The van der Waals surface area contributed by atoms with E-state index in [1.807, 2.05) is 0 Å². The maximum atomic E-state index is 12.6. The number of rotatable bonds is 9. The molecule has 8 nitrogen and oxygen atoms in total. The van der Waals surface area contributed by atoms with Crippen LogP contribution in [0.1, 0.15) is 22.8 Å². The summed E-state index contributed by atoms with van der Waals surface area (Å²) < 4.78 is 71.7. The quantitative estimate of drug-likeness (QED) is 0.519. The zero-order valence-corrected chi connectivity index (χ0v) is 18.1. The lowest BCUT2D eigenvalue weighted by Crippen LogP contribution is -2.40. The van der Waals surface area contributed by atoms with Crippen LogP contribution in [0.4, 0.5) is 8.78 Å². The smallest absolute Gasteiger partial charge is 0.387 e. The lowest BCUT2D eigenvalue weighted by molar-refractivity contribution is -0.0514. The van der Waals surface area contributed by atoms with Crippen molar-refractivity contribution < 1.29 is 40.9 Å². The summed E-state index contributed by atoms with van der Waals surface area (Å²) in [6.45, 7) is 0.0290. The number of ether oxygens (including phenoxy) is 4. The molecule has 1 saturated heterocycles. The lowest BCUT2D eigenvalue weighted by atomic mass is 10.2. The normalized spacial score (nSPS) is 14.9. The molecule has 3 rings (SSSR count). The predicted octanol–water partition coefficient (Wildman–Crippen LogP) is 3.06. The molecule has 174 valence electrons. The first-order valence-corrected chi connectivity index (χ1v) is 11.3. The Balaban J connectivity index is 1.64. The molecule has 0 aliphatic carbocycles. The van der Waals surface area contributed by atoms with E-state index < -0.39 is 22.6 Å². The summed E-state index contributed by atoms with van der Waals surface area (Å²) in [5.74, 6) is -0.667. The Labute approximate surface area is 184 Å². The summed E-state index contributed by atoms with van der Waals surface area (Å²) in [6, 6.07) is 9.70. The van der Waals surface area contributed by atoms with Gasteiger partial charge in [0.15, 0.2) is 11.5 Å². The highest BCUT2D eigenvalue weighted by Gasteiger charge is 2.26. The van der Waals surface area contributed by atoms with Crippen molar-refractivity contribution in [1.29, 1.82) is 0 Å². The summed E-state index contributed by atoms with van der Waals surface area (Å²) in [5.41, 5.74) is 0.684. The van der Waals surface area contributed by atoms with Gasteiger partial charge in [-0.05, 0) is 48.9 Å². The molecule has 0 N–H and O–H groups in total. The first-order chi connectivity index (χ1) is 15.3. The predicted molar refractivity (Wildman–Crippen MR) is 109 cm³/mol. The minimum atomic E-state index is -3.66. The molecule has 0 amide bonds. The number of halogens is 2. The molecule has 2 aromatic carbocycles. The molecule has 11 heteroatoms. The van der Waals surface area contributed by atoms with Gasteiger partial charge in [0, 0.05) is 13.1 Å². The summed E-state index contributed by atoms with van der Waals surface area (Å²) in [5, 5.41) is 0.